The van der Waals surface area contributed by atoms with Crippen molar-refractivity contribution < 1.29 is 27.3 Å². The predicted molar refractivity (Wildman–Crippen MR) is 32.2 cm³/mol. The van der Waals surface area contributed by atoms with Crippen LogP contribution >= 0.6 is 0 Å². The Morgan fingerprint density at radius 2 is 1.90 bits per heavy atom. The van der Waals surface area contributed by atoms with Crippen LogP contribution in [0.4, 0.5) is 0 Å². The van der Waals surface area contributed by atoms with Gasteiger partial charge in [-0.05, 0) is 5.56 Å². The average molecular weight is 173 g/mol. The molecule has 0 aromatic heterocycles. The molecule has 0 bridgehead atoms. The molecule has 0 atom stereocenters. The van der Waals surface area contributed by atoms with E-state index in [1.165, 1.54) is 12.1 Å². The number of carboxylic acid groups (broad SMARTS) is 1. The summed E-state index contributed by atoms with van der Waals surface area (Å²) in [6, 6.07) is 8.87. The van der Waals surface area contributed by atoms with Crippen molar-refractivity contribution in [2.75, 3.05) is 0 Å². The van der Waals surface area contributed by atoms with Gasteiger partial charge in [-0.15, -0.1) is 0 Å². The first kappa shape index (κ1) is 9.22. The van der Waals surface area contributed by atoms with E-state index in [4.69, 9.17) is 5.11 Å². The van der Waals surface area contributed by atoms with Gasteiger partial charge in [-0.3, -0.25) is 0 Å². The molecule has 0 amide bonds. The summed E-state index contributed by atoms with van der Waals surface area (Å²) in [5, 5.41) is 8.37. The second-order valence-electron chi connectivity index (χ2n) is 1.59. The Balaban J connectivity index is 0.000000810. The van der Waals surface area contributed by atoms with E-state index in [1.807, 2.05) is 0 Å². The van der Waals surface area contributed by atoms with Crippen molar-refractivity contribution in [2.45, 2.75) is 0 Å². The van der Waals surface area contributed by atoms with Crippen LogP contribution in [0.1, 0.15) is 10.4 Å². The van der Waals surface area contributed by atoms with Gasteiger partial charge in [-0.1, -0.05) is 0 Å². The van der Waals surface area contributed by atoms with Gasteiger partial charge in [0.1, 0.15) is 0 Å². The zero-order valence-corrected chi connectivity index (χ0v) is 6.35. The zero-order valence-electron chi connectivity index (χ0n) is 5.07. The Bertz CT molecular complexity index is 208. The molecule has 1 aromatic rings. The first-order chi connectivity index (χ1) is 4.30. The largest absolute Gasteiger partial charge is 0.479 e. The predicted octanol–water partition coefficient (Wildman–Crippen LogP) is 1.18. The Labute approximate surface area is 69.6 Å². The molecule has 3 heteroatoms. The number of benzene rings is 1. The number of hydrogen-bond donors (Lipinski definition) is 1. The van der Waals surface area contributed by atoms with Crippen molar-refractivity contribution >= 4 is 5.97 Å². The van der Waals surface area contributed by atoms with E-state index in [1.54, 1.807) is 12.1 Å². The van der Waals surface area contributed by atoms with Gasteiger partial charge in [0, 0.05) is 17.4 Å². The van der Waals surface area contributed by atoms with Gasteiger partial charge in [0.05, 0.1) is 0 Å². The third-order valence-corrected chi connectivity index (χ3v) is 0.965. The normalized spacial score (nSPS) is 8.00. The van der Waals surface area contributed by atoms with E-state index in [0.29, 0.717) is 5.56 Å². The van der Waals surface area contributed by atoms with Gasteiger partial charge in [-0.25, -0.2) is 4.79 Å². The van der Waals surface area contributed by atoms with Crippen molar-refractivity contribution in [3.05, 3.63) is 35.9 Å². The molecule has 1 aromatic carbocycles. The Morgan fingerprint density at radius 1 is 1.40 bits per heavy atom. The molecule has 0 heterocycles. The molecule has 0 unspecified atom stereocenters. The first-order valence-electron chi connectivity index (χ1n) is 2.50. The number of aromatic carboxylic acids is 1. The Hall–Kier alpha value is -0.778. The van der Waals surface area contributed by atoms with Crippen molar-refractivity contribution in [3.8, 4) is 0 Å². The van der Waals surface area contributed by atoms with Crippen LogP contribution in [0.5, 0.6) is 0 Å². The fourth-order valence-corrected chi connectivity index (χ4v) is 0.529. The molecule has 0 saturated carbocycles. The molecule has 0 spiro atoms. The third kappa shape index (κ3) is 2.22. The summed E-state index contributed by atoms with van der Waals surface area (Å²) in [7, 11) is 0. The molecule has 0 fully saturated rings. The van der Waals surface area contributed by atoms with E-state index in [0.717, 1.165) is 0 Å². The number of rotatable bonds is 1. The van der Waals surface area contributed by atoms with E-state index in [9.17, 15) is 4.79 Å². The minimum Gasteiger partial charge on any atom is -0.479 e. The summed E-state index contributed by atoms with van der Waals surface area (Å²) < 4.78 is 0. The maximum atomic E-state index is 10.2. The second-order valence-corrected chi connectivity index (χ2v) is 1.59. The summed E-state index contributed by atoms with van der Waals surface area (Å²) in [4.78, 5) is 10.2. The van der Waals surface area contributed by atoms with Crippen LogP contribution in [-0.4, -0.2) is 11.1 Å². The van der Waals surface area contributed by atoms with E-state index >= 15 is 0 Å². The minimum absolute atomic E-state index is 0. The van der Waals surface area contributed by atoms with Crippen molar-refractivity contribution in [1.29, 1.82) is 0 Å². The molecule has 0 aliphatic heterocycles. The summed E-state index contributed by atoms with van der Waals surface area (Å²) in [5.41, 5.74) is 0.300. The fraction of sp³-hybridized carbons (Fsp3) is 0. The molecule has 2 nitrogen and oxygen atoms in total. The minimum atomic E-state index is -0.899. The van der Waals surface area contributed by atoms with Crippen molar-refractivity contribution in [2.24, 2.45) is 0 Å². The van der Waals surface area contributed by atoms with Crippen LogP contribution in [0, 0.1) is 6.07 Å². The van der Waals surface area contributed by atoms with Crippen molar-refractivity contribution in [1.82, 2.24) is 0 Å². The SMILES string of the molecule is O=C(O)c1cc[c-]cc1.[Cr]. The topological polar surface area (TPSA) is 37.3 Å². The average Bonchev–Trinajstić information content (AvgIpc) is 1.90. The van der Waals surface area contributed by atoms with Crippen LogP contribution in [0.2, 0.25) is 0 Å². The quantitative estimate of drug-likeness (QED) is 0.647. The first-order valence-corrected chi connectivity index (χ1v) is 2.50. The maximum Gasteiger partial charge on any atom is 0.311 e. The summed E-state index contributed by atoms with van der Waals surface area (Å²) in [6.45, 7) is 0. The molecule has 0 saturated heterocycles. The molecular formula is C7H5CrO2-. The maximum absolute atomic E-state index is 10.2. The van der Waals surface area contributed by atoms with Gasteiger partial charge >= 0.3 is 5.97 Å². The zero-order chi connectivity index (χ0) is 6.69. The molecule has 0 aliphatic carbocycles. The number of carboxylic acids is 1. The number of carbonyl (C=O) groups is 1. The van der Waals surface area contributed by atoms with Gasteiger partial charge in [0.2, 0.25) is 0 Å². The van der Waals surface area contributed by atoms with Crippen LogP contribution in [0.25, 0.3) is 0 Å². The summed E-state index contributed by atoms with van der Waals surface area (Å²) >= 11 is 0. The second kappa shape index (κ2) is 4.10. The summed E-state index contributed by atoms with van der Waals surface area (Å²) in [6.07, 6.45) is 0. The van der Waals surface area contributed by atoms with Crippen LogP contribution in [0.15, 0.2) is 24.3 Å². The molecule has 0 aliphatic rings. The standard InChI is InChI=1S/C7H5O2.Cr/c8-7(9)6-4-2-1-3-5-6;/h2-5H,(H,8,9);/q-1;. The van der Waals surface area contributed by atoms with E-state index < -0.39 is 5.97 Å². The van der Waals surface area contributed by atoms with Gasteiger partial charge in [0.25, 0.3) is 0 Å². The Kier molecular flexibility index (Phi) is 3.79. The Morgan fingerprint density at radius 3 is 2.20 bits per heavy atom. The molecule has 52 valence electrons. The van der Waals surface area contributed by atoms with Crippen LogP contribution < -0.4 is 0 Å². The molecule has 1 N–H and O–H groups in total. The van der Waals surface area contributed by atoms with Crippen LogP contribution in [0.3, 0.4) is 0 Å². The van der Waals surface area contributed by atoms with E-state index in [2.05, 4.69) is 6.07 Å². The monoisotopic (exact) mass is 173 g/mol. The third-order valence-electron chi connectivity index (χ3n) is 0.965. The number of hydrogen-bond acceptors (Lipinski definition) is 1. The van der Waals surface area contributed by atoms with Crippen LogP contribution in [-0.2, 0) is 17.4 Å². The molecule has 1 rings (SSSR count). The molecule has 10 heavy (non-hydrogen) atoms. The van der Waals surface area contributed by atoms with E-state index in [-0.39, 0.29) is 17.4 Å². The fourth-order valence-electron chi connectivity index (χ4n) is 0.529. The molecular weight excluding hydrogens is 168 g/mol. The summed E-state index contributed by atoms with van der Waals surface area (Å²) in [5.74, 6) is -0.899. The van der Waals surface area contributed by atoms with Gasteiger partial charge < -0.3 is 5.11 Å². The smallest absolute Gasteiger partial charge is 0.311 e. The molecule has 0 radical (unpaired) electrons. The van der Waals surface area contributed by atoms with Gasteiger partial charge in [-0.2, -0.15) is 30.3 Å². The van der Waals surface area contributed by atoms with Crippen molar-refractivity contribution in [3.63, 3.8) is 0 Å². The van der Waals surface area contributed by atoms with Gasteiger partial charge in [0.15, 0.2) is 0 Å².